The van der Waals surface area contributed by atoms with Crippen LogP contribution in [0, 0.1) is 5.92 Å². The van der Waals surface area contributed by atoms with Gasteiger partial charge in [-0.2, -0.15) is 0 Å². The van der Waals surface area contributed by atoms with Crippen molar-refractivity contribution in [2.45, 2.75) is 25.8 Å². The predicted molar refractivity (Wildman–Crippen MR) is 95.0 cm³/mol. The number of nitrogens with zero attached hydrogens (tertiary/aromatic N) is 2. The molecule has 0 bridgehead atoms. The van der Waals surface area contributed by atoms with Gasteiger partial charge in [-0.1, -0.05) is 30.3 Å². The highest BCUT2D eigenvalue weighted by molar-refractivity contribution is 7.09. The van der Waals surface area contributed by atoms with E-state index in [1.807, 2.05) is 23.6 Å². The number of aromatic nitrogens is 1. The van der Waals surface area contributed by atoms with E-state index in [2.05, 4.69) is 22.4 Å². The first-order valence-electron chi connectivity index (χ1n) is 8.35. The van der Waals surface area contributed by atoms with Crippen molar-refractivity contribution in [3.63, 3.8) is 0 Å². The van der Waals surface area contributed by atoms with Gasteiger partial charge in [-0.25, -0.2) is 9.78 Å². The van der Waals surface area contributed by atoms with E-state index >= 15 is 0 Å². The van der Waals surface area contributed by atoms with Crippen LogP contribution in [0.4, 0.5) is 4.79 Å². The van der Waals surface area contributed by atoms with Gasteiger partial charge in [-0.05, 0) is 24.3 Å². The summed E-state index contributed by atoms with van der Waals surface area (Å²) in [5, 5.41) is 15.3. The lowest BCUT2D eigenvalue weighted by molar-refractivity contribution is 0.129. The number of rotatable bonds is 5. The zero-order valence-electron chi connectivity index (χ0n) is 13.6. The summed E-state index contributed by atoms with van der Waals surface area (Å²) in [6.07, 6.45) is 2.77. The summed E-state index contributed by atoms with van der Waals surface area (Å²) in [5.41, 5.74) is 2.14. The summed E-state index contributed by atoms with van der Waals surface area (Å²) in [6.45, 7) is 2.00. The molecule has 3 rings (SSSR count). The van der Waals surface area contributed by atoms with Crippen LogP contribution in [0.25, 0.3) is 0 Å². The minimum absolute atomic E-state index is 0.0641. The Balaban J connectivity index is 1.49. The minimum atomic E-state index is -0.0641. The largest absolute Gasteiger partial charge is 0.396 e. The van der Waals surface area contributed by atoms with Gasteiger partial charge < -0.3 is 15.3 Å². The molecule has 2 N–H and O–H groups in total. The van der Waals surface area contributed by atoms with Gasteiger partial charge in [0.15, 0.2) is 0 Å². The number of aliphatic hydroxyl groups is 1. The quantitative estimate of drug-likeness (QED) is 0.875. The molecule has 0 radical (unpaired) electrons. The third-order valence-corrected chi connectivity index (χ3v) is 5.18. The zero-order chi connectivity index (χ0) is 16.8. The van der Waals surface area contributed by atoms with E-state index in [-0.39, 0.29) is 18.6 Å². The Labute approximate surface area is 146 Å². The number of piperidine rings is 1. The van der Waals surface area contributed by atoms with Crippen LogP contribution in [0.2, 0.25) is 0 Å². The maximum atomic E-state index is 12.2. The van der Waals surface area contributed by atoms with Crippen molar-refractivity contribution in [1.82, 2.24) is 15.2 Å². The lowest BCUT2D eigenvalue weighted by Gasteiger charge is -2.31. The molecule has 1 aromatic heterocycles. The summed E-state index contributed by atoms with van der Waals surface area (Å²) in [7, 11) is 0. The van der Waals surface area contributed by atoms with Crippen LogP contribution in [0.1, 0.15) is 29.1 Å². The van der Waals surface area contributed by atoms with Gasteiger partial charge in [-0.3, -0.25) is 0 Å². The van der Waals surface area contributed by atoms with Gasteiger partial charge in [0.1, 0.15) is 0 Å². The highest BCUT2D eigenvalue weighted by atomic mass is 32.1. The van der Waals surface area contributed by atoms with Crippen LogP contribution in [0.5, 0.6) is 0 Å². The number of amides is 2. The van der Waals surface area contributed by atoms with Crippen LogP contribution in [0.3, 0.4) is 0 Å². The Kier molecular flexibility index (Phi) is 5.82. The fraction of sp³-hybridized carbons (Fsp3) is 0.444. The highest BCUT2D eigenvalue weighted by Gasteiger charge is 2.22. The Morgan fingerprint density at radius 2 is 2.21 bits per heavy atom. The average Bonchev–Trinajstić information content (AvgIpc) is 3.08. The molecular formula is C18H23N3O2S. The van der Waals surface area contributed by atoms with Crippen LogP contribution < -0.4 is 5.32 Å². The molecule has 0 unspecified atom stereocenters. The van der Waals surface area contributed by atoms with Crippen molar-refractivity contribution >= 4 is 17.4 Å². The Bertz CT molecular complexity index is 659. The Morgan fingerprint density at radius 1 is 1.38 bits per heavy atom. The van der Waals surface area contributed by atoms with Crippen LogP contribution in [0.15, 0.2) is 35.7 Å². The average molecular weight is 345 g/mol. The number of carbonyl (C=O) groups excluding carboxylic acids is 1. The van der Waals surface area contributed by atoms with Gasteiger partial charge in [0.25, 0.3) is 0 Å². The number of nitrogens with one attached hydrogen (secondary N) is 1. The molecular weight excluding hydrogens is 322 g/mol. The molecule has 1 aromatic carbocycles. The van der Waals surface area contributed by atoms with E-state index in [1.165, 1.54) is 5.56 Å². The second kappa shape index (κ2) is 8.26. The van der Waals surface area contributed by atoms with Gasteiger partial charge in [0.2, 0.25) is 0 Å². The fourth-order valence-electron chi connectivity index (χ4n) is 2.96. The first-order chi connectivity index (χ1) is 11.7. The third kappa shape index (κ3) is 4.55. The van der Waals surface area contributed by atoms with E-state index in [0.29, 0.717) is 13.1 Å². The molecule has 2 heterocycles. The standard InChI is InChI=1S/C18H23N3O2S/c22-12-15-7-4-8-21(11-15)18(23)19-10-16-13-24-17(20-16)9-14-5-2-1-3-6-14/h1-3,5-6,13,15,22H,4,7-12H2,(H,19,23)/t15-/m1/s1. The van der Waals surface area contributed by atoms with Crippen molar-refractivity contribution in [2.24, 2.45) is 5.92 Å². The first kappa shape index (κ1) is 16.9. The number of thiazole rings is 1. The molecule has 1 aliphatic heterocycles. The lowest BCUT2D eigenvalue weighted by atomic mass is 9.99. The number of aliphatic hydroxyl groups excluding tert-OH is 1. The van der Waals surface area contributed by atoms with E-state index in [0.717, 1.165) is 36.5 Å². The number of likely N-dealkylation sites (tertiary alicyclic amines) is 1. The van der Waals surface area contributed by atoms with E-state index in [1.54, 1.807) is 16.2 Å². The maximum absolute atomic E-state index is 12.2. The van der Waals surface area contributed by atoms with Gasteiger partial charge in [0.05, 0.1) is 17.2 Å². The second-order valence-electron chi connectivity index (χ2n) is 6.19. The number of benzene rings is 1. The zero-order valence-corrected chi connectivity index (χ0v) is 14.5. The van der Waals surface area contributed by atoms with Gasteiger partial charge >= 0.3 is 6.03 Å². The minimum Gasteiger partial charge on any atom is -0.396 e. The van der Waals surface area contributed by atoms with E-state index in [9.17, 15) is 9.90 Å². The summed E-state index contributed by atoms with van der Waals surface area (Å²) in [5.74, 6) is 0.209. The molecule has 1 atom stereocenters. The monoisotopic (exact) mass is 345 g/mol. The highest BCUT2D eigenvalue weighted by Crippen LogP contribution is 2.17. The molecule has 1 fully saturated rings. The summed E-state index contributed by atoms with van der Waals surface area (Å²) in [4.78, 5) is 18.6. The van der Waals surface area contributed by atoms with Crippen molar-refractivity contribution in [2.75, 3.05) is 19.7 Å². The van der Waals surface area contributed by atoms with Crippen molar-refractivity contribution < 1.29 is 9.90 Å². The first-order valence-corrected chi connectivity index (χ1v) is 9.23. The SMILES string of the molecule is O=C(NCc1csc(Cc2ccccc2)n1)N1CCC[C@@H](CO)C1. The Hall–Kier alpha value is -1.92. The molecule has 2 aromatic rings. The van der Waals surface area contributed by atoms with Gasteiger partial charge in [-0.15, -0.1) is 11.3 Å². The van der Waals surface area contributed by atoms with E-state index < -0.39 is 0 Å². The van der Waals surface area contributed by atoms with Gasteiger partial charge in [0, 0.05) is 31.5 Å². The number of hydrogen-bond donors (Lipinski definition) is 2. The molecule has 1 saturated heterocycles. The van der Waals surface area contributed by atoms with Crippen molar-refractivity contribution in [3.05, 3.63) is 52.0 Å². The van der Waals surface area contributed by atoms with E-state index in [4.69, 9.17) is 0 Å². The molecule has 24 heavy (non-hydrogen) atoms. The second-order valence-corrected chi connectivity index (χ2v) is 7.13. The normalized spacial score (nSPS) is 17.7. The van der Waals surface area contributed by atoms with Crippen LogP contribution in [-0.4, -0.2) is 40.7 Å². The summed E-state index contributed by atoms with van der Waals surface area (Å²) in [6, 6.07) is 10.2. The topological polar surface area (TPSA) is 65.5 Å². The number of carbonyl (C=O) groups is 1. The fourth-order valence-corrected chi connectivity index (χ4v) is 3.79. The van der Waals surface area contributed by atoms with Crippen molar-refractivity contribution in [3.8, 4) is 0 Å². The number of hydrogen-bond acceptors (Lipinski definition) is 4. The molecule has 6 heteroatoms. The lowest BCUT2D eigenvalue weighted by Crippen LogP contribution is -2.45. The molecule has 0 saturated carbocycles. The molecule has 128 valence electrons. The molecule has 0 spiro atoms. The molecule has 2 amide bonds. The smallest absolute Gasteiger partial charge is 0.317 e. The number of urea groups is 1. The van der Waals surface area contributed by atoms with Crippen molar-refractivity contribution in [1.29, 1.82) is 0 Å². The third-order valence-electron chi connectivity index (χ3n) is 4.28. The molecule has 5 nitrogen and oxygen atoms in total. The van der Waals surface area contributed by atoms with Crippen LogP contribution >= 0.6 is 11.3 Å². The maximum Gasteiger partial charge on any atom is 0.317 e. The summed E-state index contributed by atoms with van der Waals surface area (Å²) < 4.78 is 0. The van der Waals surface area contributed by atoms with Crippen LogP contribution in [-0.2, 0) is 13.0 Å². The summed E-state index contributed by atoms with van der Waals surface area (Å²) >= 11 is 1.63. The molecule has 1 aliphatic rings. The predicted octanol–water partition coefficient (Wildman–Crippen LogP) is 2.65. The Morgan fingerprint density at radius 3 is 3.00 bits per heavy atom. The molecule has 0 aliphatic carbocycles.